The van der Waals surface area contributed by atoms with Crippen LogP contribution in [0, 0.1) is 0 Å². The SMILES string of the molecule is COc1cc(OC)c(C2(O)CC2)cc1OC. The summed E-state index contributed by atoms with van der Waals surface area (Å²) in [7, 11) is 4.73. The van der Waals surface area contributed by atoms with Gasteiger partial charge in [0.05, 0.1) is 26.9 Å². The summed E-state index contributed by atoms with van der Waals surface area (Å²) in [5.74, 6) is 1.85. The van der Waals surface area contributed by atoms with Crippen molar-refractivity contribution in [3.05, 3.63) is 17.7 Å². The summed E-state index contributed by atoms with van der Waals surface area (Å²) in [6.45, 7) is 0. The maximum Gasteiger partial charge on any atom is 0.164 e. The maximum absolute atomic E-state index is 10.1. The zero-order valence-corrected chi connectivity index (χ0v) is 9.74. The van der Waals surface area contributed by atoms with Gasteiger partial charge in [0.15, 0.2) is 11.5 Å². The summed E-state index contributed by atoms with van der Waals surface area (Å²) in [6.07, 6.45) is 1.53. The van der Waals surface area contributed by atoms with Crippen molar-refractivity contribution in [1.82, 2.24) is 0 Å². The second-order valence-electron chi connectivity index (χ2n) is 3.94. The van der Waals surface area contributed by atoms with Crippen LogP contribution in [0.25, 0.3) is 0 Å². The predicted molar refractivity (Wildman–Crippen MR) is 59.2 cm³/mol. The van der Waals surface area contributed by atoms with Crippen molar-refractivity contribution in [2.75, 3.05) is 21.3 Å². The third-order valence-electron chi connectivity index (χ3n) is 2.93. The fourth-order valence-corrected chi connectivity index (χ4v) is 1.78. The molecule has 0 aromatic heterocycles. The number of hydrogen-bond donors (Lipinski definition) is 1. The molecule has 0 amide bonds. The van der Waals surface area contributed by atoms with Gasteiger partial charge in [0.1, 0.15) is 5.75 Å². The minimum absolute atomic E-state index is 0.604. The zero-order chi connectivity index (χ0) is 11.8. The van der Waals surface area contributed by atoms with Crippen LogP contribution in [-0.2, 0) is 5.60 Å². The van der Waals surface area contributed by atoms with Crippen molar-refractivity contribution < 1.29 is 19.3 Å². The Bertz CT molecular complexity index is 396. The first-order valence-electron chi connectivity index (χ1n) is 5.17. The van der Waals surface area contributed by atoms with Crippen LogP contribution < -0.4 is 14.2 Å². The molecular weight excluding hydrogens is 208 g/mol. The van der Waals surface area contributed by atoms with E-state index in [2.05, 4.69) is 0 Å². The van der Waals surface area contributed by atoms with Crippen LogP contribution in [-0.4, -0.2) is 26.4 Å². The van der Waals surface area contributed by atoms with E-state index < -0.39 is 5.60 Å². The van der Waals surface area contributed by atoms with E-state index in [1.54, 1.807) is 33.5 Å². The quantitative estimate of drug-likeness (QED) is 0.845. The molecule has 1 aromatic carbocycles. The fraction of sp³-hybridized carbons (Fsp3) is 0.500. The number of rotatable bonds is 4. The lowest BCUT2D eigenvalue weighted by molar-refractivity contribution is 0.147. The van der Waals surface area contributed by atoms with E-state index in [1.807, 2.05) is 0 Å². The third-order valence-corrected chi connectivity index (χ3v) is 2.93. The molecule has 1 aliphatic rings. The molecule has 1 aromatic rings. The number of benzene rings is 1. The summed E-state index contributed by atoms with van der Waals surface area (Å²) in [4.78, 5) is 0. The van der Waals surface area contributed by atoms with Crippen LogP contribution in [0.4, 0.5) is 0 Å². The van der Waals surface area contributed by atoms with Crippen LogP contribution in [0.2, 0.25) is 0 Å². The topological polar surface area (TPSA) is 47.9 Å². The van der Waals surface area contributed by atoms with Crippen LogP contribution in [0.5, 0.6) is 17.2 Å². The molecule has 0 aliphatic heterocycles. The molecule has 1 fully saturated rings. The van der Waals surface area contributed by atoms with Crippen LogP contribution >= 0.6 is 0 Å². The molecule has 0 spiro atoms. The van der Waals surface area contributed by atoms with E-state index >= 15 is 0 Å². The van der Waals surface area contributed by atoms with Gasteiger partial charge in [0.25, 0.3) is 0 Å². The number of methoxy groups -OCH3 is 3. The Balaban J connectivity index is 2.51. The second-order valence-corrected chi connectivity index (χ2v) is 3.94. The number of aliphatic hydroxyl groups is 1. The number of hydrogen-bond acceptors (Lipinski definition) is 4. The molecule has 1 N–H and O–H groups in total. The molecule has 0 unspecified atom stereocenters. The van der Waals surface area contributed by atoms with Crippen LogP contribution in [0.3, 0.4) is 0 Å². The van der Waals surface area contributed by atoms with Crippen molar-refractivity contribution >= 4 is 0 Å². The van der Waals surface area contributed by atoms with Gasteiger partial charge < -0.3 is 19.3 Å². The van der Waals surface area contributed by atoms with Gasteiger partial charge in [-0.2, -0.15) is 0 Å². The molecular formula is C12H16O4. The summed E-state index contributed by atoms with van der Waals surface area (Å²) >= 11 is 0. The van der Waals surface area contributed by atoms with Crippen molar-refractivity contribution in [3.63, 3.8) is 0 Å². The first kappa shape index (κ1) is 11.1. The van der Waals surface area contributed by atoms with Gasteiger partial charge in [-0.1, -0.05) is 0 Å². The summed E-state index contributed by atoms with van der Waals surface area (Å²) in [5, 5.41) is 10.1. The molecule has 1 aliphatic carbocycles. The first-order valence-corrected chi connectivity index (χ1v) is 5.17. The van der Waals surface area contributed by atoms with Crippen LogP contribution in [0.1, 0.15) is 18.4 Å². The predicted octanol–water partition coefficient (Wildman–Crippen LogP) is 1.69. The van der Waals surface area contributed by atoms with Crippen LogP contribution in [0.15, 0.2) is 12.1 Å². The molecule has 0 radical (unpaired) electrons. The molecule has 0 saturated heterocycles. The maximum atomic E-state index is 10.1. The lowest BCUT2D eigenvalue weighted by Gasteiger charge is -2.17. The molecule has 2 rings (SSSR count). The van der Waals surface area contributed by atoms with Crippen molar-refractivity contribution in [2.24, 2.45) is 0 Å². The van der Waals surface area contributed by atoms with E-state index in [1.165, 1.54) is 0 Å². The van der Waals surface area contributed by atoms with Gasteiger partial charge in [0.2, 0.25) is 0 Å². The summed E-state index contributed by atoms with van der Waals surface area (Å²) in [6, 6.07) is 3.52. The molecule has 0 atom stereocenters. The van der Waals surface area contributed by atoms with Gasteiger partial charge in [-0.05, 0) is 18.9 Å². The van der Waals surface area contributed by atoms with Gasteiger partial charge in [-0.25, -0.2) is 0 Å². The number of ether oxygens (including phenoxy) is 3. The Morgan fingerprint density at radius 1 is 0.938 bits per heavy atom. The van der Waals surface area contributed by atoms with Gasteiger partial charge >= 0.3 is 0 Å². The van der Waals surface area contributed by atoms with E-state index in [9.17, 15) is 5.11 Å². The van der Waals surface area contributed by atoms with Gasteiger partial charge in [-0.15, -0.1) is 0 Å². The minimum Gasteiger partial charge on any atom is -0.496 e. The highest BCUT2D eigenvalue weighted by atomic mass is 16.5. The lowest BCUT2D eigenvalue weighted by atomic mass is 10.1. The Morgan fingerprint density at radius 2 is 1.44 bits per heavy atom. The highest BCUT2D eigenvalue weighted by molar-refractivity contribution is 5.53. The largest absolute Gasteiger partial charge is 0.496 e. The average Bonchev–Trinajstić information content (AvgIpc) is 3.06. The average molecular weight is 224 g/mol. The first-order chi connectivity index (χ1) is 7.64. The highest BCUT2D eigenvalue weighted by Gasteiger charge is 2.44. The van der Waals surface area contributed by atoms with Crippen molar-refractivity contribution in [2.45, 2.75) is 18.4 Å². The van der Waals surface area contributed by atoms with E-state index in [4.69, 9.17) is 14.2 Å². The molecule has 0 heterocycles. The summed E-state index contributed by atoms with van der Waals surface area (Å²) in [5.41, 5.74) is 0.0258. The Hall–Kier alpha value is -1.42. The van der Waals surface area contributed by atoms with Gasteiger partial charge in [0, 0.05) is 11.6 Å². The van der Waals surface area contributed by atoms with Crippen molar-refractivity contribution in [3.8, 4) is 17.2 Å². The van der Waals surface area contributed by atoms with Gasteiger partial charge in [-0.3, -0.25) is 0 Å². The van der Waals surface area contributed by atoms with Crippen molar-refractivity contribution in [1.29, 1.82) is 0 Å². The van der Waals surface area contributed by atoms with E-state index in [0.29, 0.717) is 17.2 Å². The normalized spacial score (nSPS) is 16.8. The molecule has 4 nitrogen and oxygen atoms in total. The third kappa shape index (κ3) is 1.69. The van der Waals surface area contributed by atoms with E-state index in [0.717, 1.165) is 18.4 Å². The Morgan fingerprint density at radius 3 is 1.88 bits per heavy atom. The smallest absolute Gasteiger partial charge is 0.164 e. The Kier molecular flexibility index (Phi) is 2.68. The van der Waals surface area contributed by atoms with E-state index in [-0.39, 0.29) is 0 Å². The monoisotopic (exact) mass is 224 g/mol. The standard InChI is InChI=1S/C12H16O4/c1-14-9-7-11(16-3)10(15-2)6-8(9)12(13)4-5-12/h6-7,13H,4-5H2,1-3H3. The fourth-order valence-electron chi connectivity index (χ4n) is 1.78. The molecule has 0 bridgehead atoms. The molecule has 4 heteroatoms. The zero-order valence-electron chi connectivity index (χ0n) is 9.74. The molecule has 16 heavy (non-hydrogen) atoms. The second kappa shape index (κ2) is 3.87. The lowest BCUT2D eigenvalue weighted by Crippen LogP contribution is -2.07. The molecule has 1 saturated carbocycles. The molecule has 88 valence electrons. The Labute approximate surface area is 94.8 Å². The highest BCUT2D eigenvalue weighted by Crippen LogP contribution is 2.51. The summed E-state index contributed by atoms with van der Waals surface area (Å²) < 4.78 is 15.6. The minimum atomic E-state index is -0.745.